The van der Waals surface area contributed by atoms with E-state index in [9.17, 15) is 5.11 Å². The van der Waals surface area contributed by atoms with Gasteiger partial charge in [-0.3, -0.25) is 4.90 Å². The van der Waals surface area contributed by atoms with Gasteiger partial charge in [0, 0.05) is 19.6 Å². The van der Waals surface area contributed by atoms with E-state index in [1.807, 2.05) is 0 Å². The van der Waals surface area contributed by atoms with Crippen LogP contribution >= 0.6 is 0 Å². The maximum absolute atomic E-state index is 10.7. The van der Waals surface area contributed by atoms with E-state index in [1.165, 1.54) is 5.56 Å². The lowest BCUT2D eigenvalue weighted by molar-refractivity contribution is 0.0138. The number of rotatable bonds is 2. The zero-order valence-corrected chi connectivity index (χ0v) is 13.4. The van der Waals surface area contributed by atoms with Crippen molar-refractivity contribution < 1.29 is 5.11 Å². The molecule has 3 heteroatoms. The second-order valence-electron chi connectivity index (χ2n) is 7.13. The van der Waals surface area contributed by atoms with Crippen molar-refractivity contribution in [3.05, 3.63) is 35.4 Å². The summed E-state index contributed by atoms with van der Waals surface area (Å²) in [5.41, 5.74) is 2.48. The summed E-state index contributed by atoms with van der Waals surface area (Å²) in [6.45, 7) is 9.63. The maximum Gasteiger partial charge on any atom is 0.0957 e. The van der Waals surface area contributed by atoms with Gasteiger partial charge in [0.1, 0.15) is 0 Å². The largest absolute Gasteiger partial charge is 0.387 e. The molecule has 0 aromatic heterocycles. The van der Waals surface area contributed by atoms with Crippen LogP contribution in [-0.4, -0.2) is 54.7 Å². The molecular formula is C17H28N2O. The number of aliphatic hydroxyl groups is 1. The highest BCUT2D eigenvalue weighted by molar-refractivity contribution is 5.29. The minimum absolute atomic E-state index is 0.158. The van der Waals surface area contributed by atoms with Crippen molar-refractivity contribution >= 4 is 0 Å². The highest BCUT2D eigenvalue weighted by Gasteiger charge is 2.29. The van der Waals surface area contributed by atoms with Gasteiger partial charge in [-0.25, -0.2) is 0 Å². The third kappa shape index (κ3) is 3.40. The van der Waals surface area contributed by atoms with Crippen LogP contribution in [0.3, 0.4) is 0 Å². The van der Waals surface area contributed by atoms with Crippen LogP contribution < -0.4 is 0 Å². The number of nitrogens with zero attached hydrogens (tertiary/aromatic N) is 2. The van der Waals surface area contributed by atoms with Crippen molar-refractivity contribution in [2.24, 2.45) is 0 Å². The van der Waals surface area contributed by atoms with Crippen LogP contribution in [0.1, 0.15) is 38.0 Å². The lowest BCUT2D eigenvalue weighted by atomic mass is 9.86. The van der Waals surface area contributed by atoms with Gasteiger partial charge >= 0.3 is 0 Å². The summed E-state index contributed by atoms with van der Waals surface area (Å²) >= 11 is 0. The van der Waals surface area contributed by atoms with Crippen LogP contribution in [-0.2, 0) is 5.41 Å². The normalized spacial score (nSPS) is 23.8. The quantitative estimate of drug-likeness (QED) is 0.897. The first kappa shape index (κ1) is 15.5. The van der Waals surface area contributed by atoms with Gasteiger partial charge in [-0.05, 0) is 30.6 Å². The lowest BCUT2D eigenvalue weighted by Crippen LogP contribution is -2.52. The van der Waals surface area contributed by atoms with E-state index in [1.54, 1.807) is 0 Å². The van der Waals surface area contributed by atoms with E-state index in [2.05, 4.69) is 68.9 Å². The Bertz CT molecular complexity index is 435. The van der Waals surface area contributed by atoms with E-state index >= 15 is 0 Å². The molecular weight excluding hydrogens is 248 g/mol. The van der Waals surface area contributed by atoms with Crippen LogP contribution in [0.4, 0.5) is 0 Å². The Morgan fingerprint density at radius 3 is 2.25 bits per heavy atom. The first-order chi connectivity index (χ1) is 9.29. The third-order valence-electron chi connectivity index (χ3n) is 4.38. The standard InChI is InChI=1S/C17H28N2O/c1-17(2,3)14-8-6-13(7-9-14)16(20)15-12-18(4)10-11-19(15)5/h6-9,15-16,20H,10-12H2,1-5H3. The van der Waals surface area contributed by atoms with E-state index < -0.39 is 6.10 Å². The molecule has 2 unspecified atom stereocenters. The highest BCUT2D eigenvalue weighted by Crippen LogP contribution is 2.27. The van der Waals surface area contributed by atoms with Crippen molar-refractivity contribution in [3.63, 3.8) is 0 Å². The molecule has 1 aromatic rings. The van der Waals surface area contributed by atoms with Gasteiger partial charge in [-0.1, -0.05) is 45.0 Å². The molecule has 1 N–H and O–H groups in total. The molecule has 2 atom stereocenters. The van der Waals surface area contributed by atoms with Gasteiger partial charge in [-0.15, -0.1) is 0 Å². The van der Waals surface area contributed by atoms with Gasteiger partial charge in [0.2, 0.25) is 0 Å². The Morgan fingerprint density at radius 1 is 1.10 bits per heavy atom. The molecule has 0 radical (unpaired) electrons. The van der Waals surface area contributed by atoms with Gasteiger partial charge < -0.3 is 10.0 Å². The Kier molecular flexibility index (Phi) is 4.52. The molecule has 1 heterocycles. The highest BCUT2D eigenvalue weighted by atomic mass is 16.3. The molecule has 1 aromatic carbocycles. The predicted octanol–water partition coefficient (Wildman–Crippen LogP) is 2.26. The molecule has 0 bridgehead atoms. The number of likely N-dealkylation sites (N-methyl/N-ethyl adjacent to an activating group) is 2. The predicted molar refractivity (Wildman–Crippen MR) is 84.0 cm³/mol. The van der Waals surface area contributed by atoms with Gasteiger partial charge in [0.05, 0.1) is 12.1 Å². The number of aliphatic hydroxyl groups excluding tert-OH is 1. The molecule has 3 nitrogen and oxygen atoms in total. The summed E-state index contributed by atoms with van der Waals surface area (Å²) in [6.07, 6.45) is -0.420. The number of benzene rings is 1. The molecule has 1 aliphatic heterocycles. The van der Waals surface area contributed by atoms with Crippen molar-refractivity contribution in [2.75, 3.05) is 33.7 Å². The molecule has 1 fully saturated rings. The summed E-state index contributed by atoms with van der Waals surface area (Å²) in [5, 5.41) is 10.7. The third-order valence-corrected chi connectivity index (χ3v) is 4.38. The Hall–Kier alpha value is -0.900. The van der Waals surface area contributed by atoms with E-state index in [0.717, 1.165) is 25.2 Å². The molecule has 1 aliphatic rings. The number of hydrogen-bond acceptors (Lipinski definition) is 3. The van der Waals surface area contributed by atoms with E-state index in [4.69, 9.17) is 0 Å². The van der Waals surface area contributed by atoms with Crippen molar-refractivity contribution in [2.45, 2.75) is 38.3 Å². The van der Waals surface area contributed by atoms with Crippen LogP contribution in [0.25, 0.3) is 0 Å². The zero-order valence-electron chi connectivity index (χ0n) is 13.4. The fourth-order valence-electron chi connectivity index (χ4n) is 2.79. The number of piperazine rings is 1. The minimum Gasteiger partial charge on any atom is -0.387 e. The molecule has 0 aliphatic carbocycles. The molecule has 2 rings (SSSR count). The van der Waals surface area contributed by atoms with Crippen LogP contribution in [0.5, 0.6) is 0 Å². The summed E-state index contributed by atoms with van der Waals surface area (Å²) in [6, 6.07) is 8.62. The SMILES string of the molecule is CN1CCN(C)C(C(O)c2ccc(C(C)(C)C)cc2)C1. The molecule has 112 valence electrons. The zero-order chi connectivity index (χ0) is 14.9. The molecule has 0 amide bonds. The minimum atomic E-state index is -0.420. The van der Waals surface area contributed by atoms with Crippen molar-refractivity contribution in [1.82, 2.24) is 9.80 Å². The van der Waals surface area contributed by atoms with Crippen LogP contribution in [0.2, 0.25) is 0 Å². The average molecular weight is 276 g/mol. The van der Waals surface area contributed by atoms with Gasteiger partial charge in [-0.2, -0.15) is 0 Å². The van der Waals surface area contributed by atoms with Crippen molar-refractivity contribution in [3.8, 4) is 0 Å². The second-order valence-corrected chi connectivity index (χ2v) is 7.13. The average Bonchev–Trinajstić information content (AvgIpc) is 2.40. The second kappa shape index (κ2) is 5.84. The lowest BCUT2D eigenvalue weighted by Gasteiger charge is -2.40. The Balaban J connectivity index is 2.14. The number of hydrogen-bond donors (Lipinski definition) is 1. The first-order valence-corrected chi connectivity index (χ1v) is 7.46. The van der Waals surface area contributed by atoms with Gasteiger partial charge in [0.15, 0.2) is 0 Å². The topological polar surface area (TPSA) is 26.7 Å². The summed E-state index contributed by atoms with van der Waals surface area (Å²) in [4.78, 5) is 4.56. The fourth-order valence-corrected chi connectivity index (χ4v) is 2.79. The summed E-state index contributed by atoms with van der Waals surface area (Å²) in [7, 11) is 4.22. The smallest absolute Gasteiger partial charge is 0.0957 e. The molecule has 20 heavy (non-hydrogen) atoms. The molecule has 0 spiro atoms. The van der Waals surface area contributed by atoms with Crippen LogP contribution in [0, 0.1) is 0 Å². The van der Waals surface area contributed by atoms with Crippen molar-refractivity contribution in [1.29, 1.82) is 0 Å². The first-order valence-electron chi connectivity index (χ1n) is 7.46. The molecule has 1 saturated heterocycles. The Morgan fingerprint density at radius 2 is 1.70 bits per heavy atom. The van der Waals surface area contributed by atoms with Gasteiger partial charge in [0.25, 0.3) is 0 Å². The summed E-state index contributed by atoms with van der Waals surface area (Å²) in [5.74, 6) is 0. The maximum atomic E-state index is 10.7. The molecule has 0 saturated carbocycles. The monoisotopic (exact) mass is 276 g/mol. The van der Waals surface area contributed by atoms with E-state index in [0.29, 0.717) is 0 Å². The van der Waals surface area contributed by atoms with Crippen LogP contribution in [0.15, 0.2) is 24.3 Å². The van der Waals surface area contributed by atoms with E-state index in [-0.39, 0.29) is 11.5 Å². The summed E-state index contributed by atoms with van der Waals surface area (Å²) < 4.78 is 0. The fraction of sp³-hybridized carbons (Fsp3) is 0.647. The Labute approximate surface area is 123 Å².